The van der Waals surface area contributed by atoms with Crippen molar-refractivity contribution in [3.63, 3.8) is 0 Å². The normalized spacial score (nSPS) is 14.0. The van der Waals surface area contributed by atoms with Gasteiger partial charge >= 0.3 is 0 Å². The summed E-state index contributed by atoms with van der Waals surface area (Å²) in [6.45, 7) is 3.84. The van der Waals surface area contributed by atoms with E-state index in [0.717, 1.165) is 5.56 Å². The molecule has 1 aromatic carbocycles. The average molecular weight is 248 g/mol. The molecule has 0 heterocycles. The second-order valence-electron chi connectivity index (χ2n) is 4.17. The van der Waals surface area contributed by atoms with Gasteiger partial charge in [-0.15, -0.1) is 0 Å². The number of aliphatic hydroxyl groups is 1. The molecule has 0 aliphatic carbocycles. The van der Waals surface area contributed by atoms with Crippen LogP contribution in [0.1, 0.15) is 19.4 Å². The van der Waals surface area contributed by atoms with Crippen LogP contribution in [-0.2, 0) is 5.41 Å². The van der Waals surface area contributed by atoms with Gasteiger partial charge in [0.2, 0.25) is 0 Å². The summed E-state index contributed by atoms with van der Waals surface area (Å²) in [5.74, 6) is 0. The largest absolute Gasteiger partial charge is 0.395 e. The van der Waals surface area contributed by atoms with Gasteiger partial charge in [-0.1, -0.05) is 37.0 Å². The molecule has 0 amide bonds. The van der Waals surface area contributed by atoms with E-state index in [4.69, 9.17) is 34.0 Å². The molecule has 1 atom stereocenters. The van der Waals surface area contributed by atoms with Gasteiger partial charge < -0.3 is 10.8 Å². The van der Waals surface area contributed by atoms with Gasteiger partial charge in [-0.2, -0.15) is 0 Å². The number of rotatable bonds is 3. The van der Waals surface area contributed by atoms with Crippen molar-refractivity contribution in [2.24, 2.45) is 5.73 Å². The number of nitrogens with two attached hydrogens (primary N) is 1. The van der Waals surface area contributed by atoms with Crippen molar-refractivity contribution in [1.82, 2.24) is 0 Å². The Bertz CT molecular complexity index is 332. The highest BCUT2D eigenvalue weighted by molar-refractivity contribution is 6.34. The molecule has 0 radical (unpaired) electrons. The average Bonchev–Trinajstić information content (AvgIpc) is 2.15. The van der Waals surface area contributed by atoms with Crippen LogP contribution in [0.3, 0.4) is 0 Å². The molecule has 4 heteroatoms. The summed E-state index contributed by atoms with van der Waals surface area (Å²) in [6.07, 6.45) is 0. The van der Waals surface area contributed by atoms with E-state index in [1.165, 1.54) is 0 Å². The van der Waals surface area contributed by atoms with Crippen molar-refractivity contribution >= 4 is 23.2 Å². The molecule has 0 aliphatic rings. The van der Waals surface area contributed by atoms with E-state index in [2.05, 4.69) is 0 Å². The zero-order chi connectivity index (χ0) is 11.6. The maximum absolute atomic E-state index is 9.08. The molecular formula is C11H15Cl2NO. The summed E-state index contributed by atoms with van der Waals surface area (Å²) in [5.41, 5.74) is 6.42. The van der Waals surface area contributed by atoms with Crippen molar-refractivity contribution in [1.29, 1.82) is 0 Å². The summed E-state index contributed by atoms with van der Waals surface area (Å²) >= 11 is 11.8. The van der Waals surface area contributed by atoms with E-state index in [9.17, 15) is 0 Å². The van der Waals surface area contributed by atoms with E-state index in [1.54, 1.807) is 6.07 Å². The minimum atomic E-state index is -0.358. The fraction of sp³-hybridized carbons (Fsp3) is 0.455. The number of halogens is 2. The molecule has 0 spiro atoms. The first-order valence-electron chi connectivity index (χ1n) is 4.71. The topological polar surface area (TPSA) is 46.2 Å². The van der Waals surface area contributed by atoms with Gasteiger partial charge in [0.25, 0.3) is 0 Å². The smallest absolute Gasteiger partial charge is 0.0591 e. The molecule has 15 heavy (non-hydrogen) atoms. The summed E-state index contributed by atoms with van der Waals surface area (Å²) in [4.78, 5) is 0. The highest BCUT2D eigenvalue weighted by Crippen LogP contribution is 2.30. The molecule has 0 saturated carbocycles. The Hall–Kier alpha value is -0.280. The highest BCUT2D eigenvalue weighted by Gasteiger charge is 2.28. The Morgan fingerprint density at radius 1 is 1.27 bits per heavy atom. The van der Waals surface area contributed by atoms with Gasteiger partial charge in [0.1, 0.15) is 0 Å². The molecule has 84 valence electrons. The fourth-order valence-electron chi connectivity index (χ4n) is 1.37. The summed E-state index contributed by atoms with van der Waals surface area (Å²) in [7, 11) is 0. The van der Waals surface area contributed by atoms with Gasteiger partial charge in [0, 0.05) is 21.5 Å². The van der Waals surface area contributed by atoms with Crippen molar-refractivity contribution in [2.45, 2.75) is 25.3 Å². The lowest BCUT2D eigenvalue weighted by molar-refractivity contribution is 0.220. The predicted molar refractivity (Wildman–Crippen MR) is 64.5 cm³/mol. The molecule has 0 aliphatic heterocycles. The van der Waals surface area contributed by atoms with Crippen LogP contribution in [-0.4, -0.2) is 17.8 Å². The lowest BCUT2D eigenvalue weighted by atomic mass is 9.78. The van der Waals surface area contributed by atoms with Gasteiger partial charge in [-0.25, -0.2) is 0 Å². The van der Waals surface area contributed by atoms with Crippen LogP contribution in [0.2, 0.25) is 10.0 Å². The third kappa shape index (κ3) is 2.85. The molecule has 2 nitrogen and oxygen atoms in total. The Kier molecular flexibility index (Phi) is 4.01. The first-order chi connectivity index (χ1) is 6.87. The first kappa shape index (κ1) is 12.8. The maximum atomic E-state index is 9.08. The number of benzene rings is 1. The number of hydrogen-bond donors (Lipinski definition) is 2. The Balaban J connectivity index is 3.14. The van der Waals surface area contributed by atoms with E-state index in [0.29, 0.717) is 10.0 Å². The number of aliphatic hydroxyl groups excluding tert-OH is 1. The molecule has 3 N–H and O–H groups in total. The standard InChI is InChI=1S/C11H15Cl2NO/c1-11(2,10(14)6-15)7-3-8(12)5-9(13)4-7/h3-5,10,15H,6,14H2,1-2H3. The number of hydrogen-bond acceptors (Lipinski definition) is 2. The molecule has 0 fully saturated rings. The van der Waals surface area contributed by atoms with Gasteiger partial charge in [-0.05, 0) is 23.8 Å². The fourth-order valence-corrected chi connectivity index (χ4v) is 1.89. The van der Waals surface area contributed by atoms with Crippen LogP contribution in [0.4, 0.5) is 0 Å². The predicted octanol–water partition coefficient (Wildman–Crippen LogP) is 2.59. The first-order valence-corrected chi connectivity index (χ1v) is 5.46. The lowest BCUT2D eigenvalue weighted by Crippen LogP contribution is -2.43. The summed E-state index contributed by atoms with van der Waals surface area (Å²) in [6, 6.07) is 4.98. The Labute approximate surface area is 100.0 Å². The van der Waals surface area contributed by atoms with Crippen LogP contribution in [0, 0.1) is 0 Å². The van der Waals surface area contributed by atoms with Crippen LogP contribution in [0.15, 0.2) is 18.2 Å². The summed E-state index contributed by atoms with van der Waals surface area (Å²) in [5, 5.41) is 10.2. The van der Waals surface area contributed by atoms with Gasteiger partial charge in [0.05, 0.1) is 6.61 Å². The third-order valence-corrected chi connectivity index (χ3v) is 3.17. The second kappa shape index (κ2) is 4.71. The van der Waals surface area contributed by atoms with Crippen LogP contribution in [0.25, 0.3) is 0 Å². The minimum absolute atomic E-state index is 0.0723. The monoisotopic (exact) mass is 247 g/mol. The minimum Gasteiger partial charge on any atom is -0.395 e. The van der Waals surface area contributed by atoms with E-state index in [1.807, 2.05) is 26.0 Å². The highest BCUT2D eigenvalue weighted by atomic mass is 35.5. The molecule has 0 aromatic heterocycles. The molecule has 0 saturated heterocycles. The molecule has 1 rings (SSSR count). The van der Waals surface area contributed by atoms with Crippen LogP contribution in [0.5, 0.6) is 0 Å². The Morgan fingerprint density at radius 3 is 2.13 bits per heavy atom. The van der Waals surface area contributed by atoms with E-state index in [-0.39, 0.29) is 18.1 Å². The maximum Gasteiger partial charge on any atom is 0.0591 e. The quantitative estimate of drug-likeness (QED) is 0.863. The van der Waals surface area contributed by atoms with Gasteiger partial charge in [0.15, 0.2) is 0 Å². The van der Waals surface area contributed by atoms with Crippen molar-refractivity contribution in [3.8, 4) is 0 Å². The zero-order valence-corrected chi connectivity index (χ0v) is 10.3. The summed E-state index contributed by atoms with van der Waals surface area (Å²) < 4.78 is 0. The van der Waals surface area contributed by atoms with Crippen LogP contribution >= 0.6 is 23.2 Å². The molecular weight excluding hydrogens is 233 g/mol. The van der Waals surface area contributed by atoms with Crippen LogP contribution < -0.4 is 5.73 Å². The van der Waals surface area contributed by atoms with Crippen molar-refractivity contribution < 1.29 is 5.11 Å². The zero-order valence-electron chi connectivity index (χ0n) is 8.80. The lowest BCUT2D eigenvalue weighted by Gasteiger charge is -2.31. The SMILES string of the molecule is CC(C)(c1cc(Cl)cc(Cl)c1)C(N)CO. The van der Waals surface area contributed by atoms with E-state index < -0.39 is 0 Å². The third-order valence-electron chi connectivity index (χ3n) is 2.73. The molecule has 0 bridgehead atoms. The van der Waals surface area contributed by atoms with Crippen molar-refractivity contribution in [2.75, 3.05) is 6.61 Å². The van der Waals surface area contributed by atoms with E-state index >= 15 is 0 Å². The molecule has 1 aromatic rings. The Morgan fingerprint density at radius 2 is 1.73 bits per heavy atom. The second-order valence-corrected chi connectivity index (χ2v) is 5.04. The molecule has 1 unspecified atom stereocenters. The van der Waals surface area contributed by atoms with Crippen molar-refractivity contribution in [3.05, 3.63) is 33.8 Å². The van der Waals surface area contributed by atoms with Gasteiger partial charge in [-0.3, -0.25) is 0 Å².